The van der Waals surface area contributed by atoms with E-state index in [0.29, 0.717) is 37.1 Å². The van der Waals surface area contributed by atoms with E-state index in [0.717, 1.165) is 28.9 Å². The lowest BCUT2D eigenvalue weighted by Gasteiger charge is -2.24. The molecule has 0 aliphatic carbocycles. The Morgan fingerprint density at radius 1 is 0.867 bits per heavy atom. The Morgan fingerprint density at radius 2 is 1.33 bits per heavy atom. The highest BCUT2D eigenvalue weighted by molar-refractivity contribution is 8.13. The molecule has 0 bridgehead atoms. The number of aromatic nitrogens is 1. The summed E-state index contributed by atoms with van der Waals surface area (Å²) >= 11 is 1.21. The van der Waals surface area contributed by atoms with E-state index in [1.54, 1.807) is 0 Å². The molecule has 11 heteroatoms. The van der Waals surface area contributed by atoms with E-state index in [4.69, 9.17) is 0 Å². The molecule has 172 valence electrons. The Kier molecular flexibility index (Phi) is 10.4. The molecule has 1 aromatic heterocycles. The van der Waals surface area contributed by atoms with Gasteiger partial charge in [0.2, 0.25) is 0 Å². The number of nitrogens with zero attached hydrogens (tertiary/aromatic N) is 1. The van der Waals surface area contributed by atoms with Gasteiger partial charge in [0.05, 0.1) is 5.75 Å². The van der Waals surface area contributed by atoms with Crippen LogP contribution in [0.2, 0.25) is 0 Å². The molecule has 0 aromatic carbocycles. The summed E-state index contributed by atoms with van der Waals surface area (Å²) in [7, 11) is -10.1. The summed E-state index contributed by atoms with van der Waals surface area (Å²) < 4.78 is 26.0. The first-order valence-corrected chi connectivity index (χ1v) is 14.5. The quantitative estimate of drug-likeness (QED) is 0.279. The highest BCUT2D eigenvalue weighted by Crippen LogP contribution is 2.61. The lowest BCUT2D eigenvalue weighted by atomic mass is 9.90. The average molecular weight is 482 g/mol. The van der Waals surface area contributed by atoms with Crippen molar-refractivity contribution in [1.82, 2.24) is 0 Å². The Labute approximate surface area is 182 Å². The van der Waals surface area contributed by atoms with Crippen LogP contribution in [0.3, 0.4) is 0 Å². The van der Waals surface area contributed by atoms with E-state index in [2.05, 4.69) is 4.57 Å². The number of carbonyl (C=O) groups is 1. The number of thioether (sulfide) groups is 1. The van der Waals surface area contributed by atoms with Gasteiger partial charge in [0.15, 0.2) is 28.4 Å². The third kappa shape index (κ3) is 6.73. The predicted octanol–water partition coefficient (Wildman–Crippen LogP) is 2.73. The zero-order valence-corrected chi connectivity index (χ0v) is 20.9. The van der Waals surface area contributed by atoms with Crippen LogP contribution < -0.4 is 4.57 Å². The molecule has 1 rings (SSSR count). The molecule has 1 aromatic rings. The van der Waals surface area contributed by atoms with Gasteiger partial charge in [-0.2, -0.15) is 4.57 Å². The summed E-state index contributed by atoms with van der Waals surface area (Å²) in [4.78, 5) is 50.1. The lowest BCUT2D eigenvalue weighted by molar-refractivity contribution is -0.707. The van der Waals surface area contributed by atoms with Gasteiger partial charge < -0.3 is 19.6 Å². The Bertz CT molecular complexity index is 841. The van der Waals surface area contributed by atoms with Gasteiger partial charge in [-0.15, -0.1) is 0 Å². The molecule has 0 amide bonds. The van der Waals surface area contributed by atoms with Crippen molar-refractivity contribution in [3.05, 3.63) is 28.1 Å². The van der Waals surface area contributed by atoms with Crippen molar-refractivity contribution in [1.29, 1.82) is 0 Å². The van der Waals surface area contributed by atoms with E-state index in [-0.39, 0.29) is 5.12 Å². The minimum absolute atomic E-state index is 0.0101. The molecular formula is C19H34NO7P2S+. The molecule has 8 nitrogen and oxygen atoms in total. The van der Waals surface area contributed by atoms with E-state index in [9.17, 15) is 33.5 Å². The second-order valence-corrected chi connectivity index (χ2v) is 12.4. The first-order chi connectivity index (χ1) is 13.8. The van der Waals surface area contributed by atoms with Gasteiger partial charge in [-0.1, -0.05) is 39.5 Å². The average Bonchev–Trinajstić information content (AvgIpc) is 2.62. The van der Waals surface area contributed by atoms with Gasteiger partial charge in [0, 0.05) is 37.3 Å². The van der Waals surface area contributed by atoms with Crippen LogP contribution in [-0.4, -0.2) is 35.8 Å². The van der Waals surface area contributed by atoms with Crippen molar-refractivity contribution >= 4 is 32.1 Å². The number of hydrogen-bond donors (Lipinski definition) is 4. The van der Waals surface area contributed by atoms with Crippen LogP contribution in [0.15, 0.2) is 0 Å². The van der Waals surface area contributed by atoms with E-state index < -0.39 is 27.0 Å². The molecule has 0 spiro atoms. The summed E-state index contributed by atoms with van der Waals surface area (Å²) in [6.45, 7) is 9.94. The second kappa shape index (κ2) is 11.4. The van der Waals surface area contributed by atoms with Crippen LogP contribution in [0.5, 0.6) is 0 Å². The predicted molar refractivity (Wildman–Crippen MR) is 119 cm³/mol. The minimum Gasteiger partial charge on any atom is -0.324 e. The minimum atomic E-state index is -5.04. The molecule has 30 heavy (non-hydrogen) atoms. The van der Waals surface area contributed by atoms with E-state index >= 15 is 0 Å². The van der Waals surface area contributed by atoms with Gasteiger partial charge in [0.25, 0.3) is 0 Å². The zero-order valence-electron chi connectivity index (χ0n) is 18.3. The molecule has 0 aliphatic heterocycles. The topological polar surface area (TPSA) is 136 Å². The summed E-state index contributed by atoms with van der Waals surface area (Å²) in [6, 6.07) is 0. The molecular weight excluding hydrogens is 448 g/mol. The fraction of sp³-hybridized carbons (Fsp3) is 0.684. The lowest BCUT2D eigenvalue weighted by Crippen LogP contribution is -2.46. The summed E-state index contributed by atoms with van der Waals surface area (Å²) in [5.74, 6) is 0.550. The van der Waals surface area contributed by atoms with Crippen LogP contribution in [0, 0.1) is 0 Å². The summed E-state index contributed by atoms with van der Waals surface area (Å²) in [6.07, 6.45) is 2.18. The van der Waals surface area contributed by atoms with Crippen molar-refractivity contribution in [2.24, 2.45) is 0 Å². The second-order valence-electron chi connectivity index (χ2n) is 7.10. The maximum absolute atomic E-state index is 11.9. The van der Waals surface area contributed by atoms with Crippen molar-refractivity contribution in [3.63, 3.8) is 0 Å². The Balaban J connectivity index is 3.80. The summed E-state index contributed by atoms with van der Waals surface area (Å²) in [5, 5.41) is -2.06. The monoisotopic (exact) mass is 482 g/mol. The van der Waals surface area contributed by atoms with Crippen molar-refractivity contribution in [2.75, 3.05) is 5.75 Å². The van der Waals surface area contributed by atoms with Gasteiger partial charge in [-0.05, 0) is 18.4 Å². The molecule has 0 aliphatic rings. The van der Waals surface area contributed by atoms with Crippen molar-refractivity contribution in [2.45, 2.75) is 78.7 Å². The van der Waals surface area contributed by atoms with Gasteiger partial charge in [-0.3, -0.25) is 13.9 Å². The number of pyridine rings is 1. The zero-order chi connectivity index (χ0) is 23.3. The van der Waals surface area contributed by atoms with Gasteiger partial charge >= 0.3 is 15.2 Å². The molecule has 0 radical (unpaired) electrons. The van der Waals surface area contributed by atoms with Crippen LogP contribution in [0.1, 0.15) is 62.7 Å². The highest BCUT2D eigenvalue weighted by atomic mass is 32.2. The fourth-order valence-electron chi connectivity index (χ4n) is 4.08. The van der Waals surface area contributed by atoms with E-state index in [1.807, 2.05) is 27.7 Å². The van der Waals surface area contributed by atoms with Crippen LogP contribution in [0.25, 0.3) is 0 Å². The normalized spacial score (nSPS) is 12.6. The smallest absolute Gasteiger partial charge is 0.324 e. The number of carbonyl (C=O) groups excluding carboxylic acids is 1. The first-order valence-electron chi connectivity index (χ1n) is 10.1. The SMILES string of the molecule is CCc1c(CC)c(CC)[n+](CCSC(C)=O)c(CC)c1CC(P(=O)(O)O)P(=O)(O)O. The Hall–Kier alpha value is -0.530. The van der Waals surface area contributed by atoms with Crippen molar-refractivity contribution in [3.8, 4) is 0 Å². The van der Waals surface area contributed by atoms with Crippen molar-refractivity contribution < 1.29 is 38.1 Å². The molecule has 1 heterocycles. The van der Waals surface area contributed by atoms with E-state index in [1.165, 1.54) is 18.7 Å². The highest BCUT2D eigenvalue weighted by Gasteiger charge is 2.45. The maximum Gasteiger partial charge on any atom is 0.341 e. The molecule has 0 saturated carbocycles. The fourth-order valence-corrected chi connectivity index (χ4v) is 7.05. The van der Waals surface area contributed by atoms with Crippen LogP contribution in [0.4, 0.5) is 0 Å². The number of hydrogen-bond acceptors (Lipinski definition) is 4. The molecule has 0 fully saturated rings. The summed E-state index contributed by atoms with van der Waals surface area (Å²) in [5.41, 5.74) is 4.49. The molecule has 0 atom stereocenters. The van der Waals surface area contributed by atoms with Gasteiger partial charge in [0.1, 0.15) is 0 Å². The molecule has 0 unspecified atom stereocenters. The maximum atomic E-state index is 11.9. The standard InChI is InChI=1S/C19H33NO7P2S/c1-6-14-15(7-2)17(8-3)20(10-11-30-13(5)21)18(9-4)16(14)12-19(28(22,23)24)29(25,26)27/h19H,6-12H2,1-5H3,(H3-,22,23,24,25,26,27)/p+1. The largest absolute Gasteiger partial charge is 0.341 e. The van der Waals surface area contributed by atoms with Crippen LogP contribution in [-0.2, 0) is 52.6 Å². The van der Waals surface area contributed by atoms with Gasteiger partial charge in [-0.25, -0.2) is 0 Å². The molecule has 0 saturated heterocycles. The Morgan fingerprint density at radius 3 is 1.70 bits per heavy atom. The first kappa shape index (κ1) is 27.5. The third-order valence-corrected chi connectivity index (χ3v) is 9.75. The molecule has 4 N–H and O–H groups in total. The number of rotatable bonds is 11. The van der Waals surface area contributed by atoms with Crippen LogP contribution >= 0.6 is 27.0 Å². The third-order valence-electron chi connectivity index (χ3n) is 5.24.